The van der Waals surface area contributed by atoms with Gasteiger partial charge in [0.2, 0.25) is 0 Å². The molecular weight excluding hydrogens is 188 g/mol. The highest BCUT2D eigenvalue weighted by Gasteiger charge is 2.45. The fourth-order valence-corrected chi connectivity index (χ4v) is 1.93. The molecule has 2 rings (SSSR count). The maximum atomic E-state index is 10.2. The van der Waals surface area contributed by atoms with Crippen LogP contribution < -0.4 is 4.74 Å². The van der Waals surface area contributed by atoms with Crippen LogP contribution in [-0.2, 0) is 0 Å². The lowest BCUT2D eigenvalue weighted by Crippen LogP contribution is -2.11. The predicted octanol–water partition coefficient (Wildman–Crippen LogP) is 2.84. The summed E-state index contributed by atoms with van der Waals surface area (Å²) in [5.41, 5.74) is 2.25. The monoisotopic (exact) mass is 206 g/mol. The number of hydrogen-bond donors (Lipinski definition) is 1. The molecule has 1 aromatic carbocycles. The first-order valence-electron chi connectivity index (χ1n) is 5.39. The molecule has 1 N–H and O–H groups in total. The van der Waals surface area contributed by atoms with Gasteiger partial charge < -0.3 is 9.84 Å². The van der Waals surface area contributed by atoms with Crippen LogP contribution in [0.2, 0.25) is 0 Å². The molecule has 2 heteroatoms. The first-order valence-corrected chi connectivity index (χ1v) is 5.39. The standard InChI is InChI=1S/C13H18O2/c1-9-8-10(15-3)4-5-11(9)12(14)13(2)6-7-13/h4-5,8,12,14H,6-7H2,1-3H3. The molecule has 1 aliphatic rings. The lowest BCUT2D eigenvalue weighted by Gasteiger charge is -2.20. The molecule has 0 aliphatic heterocycles. The van der Waals surface area contributed by atoms with Crippen LogP contribution in [0.4, 0.5) is 0 Å². The van der Waals surface area contributed by atoms with E-state index in [1.165, 1.54) is 0 Å². The molecule has 15 heavy (non-hydrogen) atoms. The molecule has 1 aromatic rings. The summed E-state index contributed by atoms with van der Waals surface area (Å²) < 4.78 is 5.15. The summed E-state index contributed by atoms with van der Waals surface area (Å²) in [5.74, 6) is 0.851. The Bertz CT molecular complexity index is 367. The van der Waals surface area contributed by atoms with Crippen LogP contribution in [-0.4, -0.2) is 12.2 Å². The van der Waals surface area contributed by atoms with E-state index in [4.69, 9.17) is 4.74 Å². The summed E-state index contributed by atoms with van der Waals surface area (Å²) in [6.07, 6.45) is 1.92. The smallest absolute Gasteiger partial charge is 0.119 e. The van der Waals surface area contributed by atoms with Crippen molar-refractivity contribution in [2.75, 3.05) is 7.11 Å². The number of ether oxygens (including phenoxy) is 1. The number of rotatable bonds is 3. The molecule has 82 valence electrons. The van der Waals surface area contributed by atoms with Crippen molar-refractivity contribution >= 4 is 0 Å². The molecule has 0 saturated heterocycles. The van der Waals surface area contributed by atoms with E-state index in [1.54, 1.807) is 7.11 Å². The van der Waals surface area contributed by atoms with Gasteiger partial charge in [0.05, 0.1) is 13.2 Å². The van der Waals surface area contributed by atoms with Crippen molar-refractivity contribution in [3.8, 4) is 5.75 Å². The largest absolute Gasteiger partial charge is 0.497 e. The topological polar surface area (TPSA) is 29.5 Å². The second kappa shape index (κ2) is 3.53. The van der Waals surface area contributed by atoms with Gasteiger partial charge >= 0.3 is 0 Å². The van der Waals surface area contributed by atoms with E-state index in [0.29, 0.717) is 0 Å². The maximum Gasteiger partial charge on any atom is 0.119 e. The SMILES string of the molecule is COc1ccc(C(O)C2(C)CC2)c(C)c1. The number of aliphatic hydroxyl groups is 1. The Kier molecular flexibility index (Phi) is 2.47. The molecular formula is C13H18O2. The number of hydrogen-bond acceptors (Lipinski definition) is 2. The molecule has 1 unspecified atom stereocenters. The van der Waals surface area contributed by atoms with Crippen LogP contribution >= 0.6 is 0 Å². The van der Waals surface area contributed by atoms with Crippen molar-refractivity contribution in [1.82, 2.24) is 0 Å². The third kappa shape index (κ3) is 1.86. The third-order valence-electron chi connectivity index (χ3n) is 3.47. The number of methoxy groups -OCH3 is 1. The zero-order valence-electron chi connectivity index (χ0n) is 9.58. The van der Waals surface area contributed by atoms with Crippen LogP contribution in [0.3, 0.4) is 0 Å². The molecule has 1 aliphatic carbocycles. The Morgan fingerprint density at radius 1 is 1.40 bits per heavy atom. The minimum absolute atomic E-state index is 0.110. The summed E-state index contributed by atoms with van der Waals surface area (Å²) in [4.78, 5) is 0. The fourth-order valence-electron chi connectivity index (χ4n) is 1.93. The number of benzene rings is 1. The zero-order chi connectivity index (χ0) is 11.1. The summed E-state index contributed by atoms with van der Waals surface area (Å²) in [6, 6.07) is 5.87. The van der Waals surface area contributed by atoms with Gasteiger partial charge in [-0.15, -0.1) is 0 Å². The van der Waals surface area contributed by atoms with Gasteiger partial charge in [0.1, 0.15) is 5.75 Å². The fraction of sp³-hybridized carbons (Fsp3) is 0.538. The molecule has 0 heterocycles. The molecule has 1 fully saturated rings. The summed E-state index contributed by atoms with van der Waals surface area (Å²) in [6.45, 7) is 4.16. The summed E-state index contributed by atoms with van der Waals surface area (Å²) in [7, 11) is 1.66. The van der Waals surface area contributed by atoms with E-state index >= 15 is 0 Å². The van der Waals surface area contributed by atoms with Gasteiger partial charge in [-0.25, -0.2) is 0 Å². The number of aliphatic hydroxyl groups excluding tert-OH is 1. The van der Waals surface area contributed by atoms with Crippen molar-refractivity contribution in [2.24, 2.45) is 5.41 Å². The first-order chi connectivity index (χ1) is 7.07. The molecule has 1 atom stereocenters. The quantitative estimate of drug-likeness (QED) is 0.824. The molecule has 0 spiro atoms. The Labute approximate surface area is 90.9 Å². The Hall–Kier alpha value is -1.02. The van der Waals surface area contributed by atoms with Crippen LogP contribution in [0, 0.1) is 12.3 Å². The van der Waals surface area contributed by atoms with Crippen LogP contribution in [0.5, 0.6) is 5.75 Å². The van der Waals surface area contributed by atoms with Crippen molar-refractivity contribution in [3.05, 3.63) is 29.3 Å². The van der Waals surface area contributed by atoms with Crippen molar-refractivity contribution in [1.29, 1.82) is 0 Å². The van der Waals surface area contributed by atoms with Crippen LogP contribution in [0.1, 0.15) is 37.0 Å². The second-order valence-electron chi connectivity index (χ2n) is 4.78. The molecule has 0 amide bonds. The van der Waals surface area contributed by atoms with Crippen molar-refractivity contribution in [3.63, 3.8) is 0 Å². The first kappa shape index (κ1) is 10.5. The van der Waals surface area contributed by atoms with Crippen molar-refractivity contribution in [2.45, 2.75) is 32.8 Å². The van der Waals surface area contributed by atoms with Gasteiger partial charge in [0, 0.05) is 0 Å². The Balaban J connectivity index is 2.28. The van der Waals surface area contributed by atoms with Gasteiger partial charge in [0.25, 0.3) is 0 Å². The second-order valence-corrected chi connectivity index (χ2v) is 4.78. The highest BCUT2D eigenvalue weighted by atomic mass is 16.5. The predicted molar refractivity (Wildman–Crippen MR) is 60.0 cm³/mol. The van der Waals surface area contributed by atoms with Gasteiger partial charge in [-0.05, 0) is 48.4 Å². The average molecular weight is 206 g/mol. The van der Waals surface area contributed by atoms with Crippen LogP contribution in [0.25, 0.3) is 0 Å². The minimum Gasteiger partial charge on any atom is -0.497 e. The van der Waals surface area contributed by atoms with Crippen molar-refractivity contribution < 1.29 is 9.84 Å². The van der Waals surface area contributed by atoms with Gasteiger partial charge in [-0.3, -0.25) is 0 Å². The lowest BCUT2D eigenvalue weighted by molar-refractivity contribution is 0.103. The highest BCUT2D eigenvalue weighted by Crippen LogP contribution is 2.54. The molecule has 2 nitrogen and oxygen atoms in total. The Morgan fingerprint density at radius 2 is 2.07 bits per heavy atom. The lowest BCUT2D eigenvalue weighted by atomic mass is 9.92. The summed E-state index contributed by atoms with van der Waals surface area (Å²) in [5, 5.41) is 10.2. The zero-order valence-corrected chi connectivity index (χ0v) is 9.58. The highest BCUT2D eigenvalue weighted by molar-refractivity contribution is 5.37. The van der Waals surface area contributed by atoms with E-state index in [-0.39, 0.29) is 11.5 Å². The average Bonchev–Trinajstić information content (AvgIpc) is 2.96. The van der Waals surface area contributed by atoms with Gasteiger partial charge in [0.15, 0.2) is 0 Å². The van der Waals surface area contributed by atoms with Gasteiger partial charge in [-0.2, -0.15) is 0 Å². The Morgan fingerprint density at radius 3 is 2.53 bits per heavy atom. The molecule has 0 aromatic heterocycles. The van der Waals surface area contributed by atoms with Gasteiger partial charge in [-0.1, -0.05) is 13.0 Å². The minimum atomic E-state index is -0.330. The third-order valence-corrected chi connectivity index (χ3v) is 3.47. The van der Waals surface area contributed by atoms with E-state index in [1.807, 2.05) is 25.1 Å². The normalized spacial score (nSPS) is 19.7. The molecule has 1 saturated carbocycles. The summed E-state index contributed by atoms with van der Waals surface area (Å²) >= 11 is 0. The molecule has 0 bridgehead atoms. The van der Waals surface area contributed by atoms with E-state index < -0.39 is 0 Å². The van der Waals surface area contributed by atoms with E-state index in [2.05, 4.69) is 6.92 Å². The van der Waals surface area contributed by atoms with E-state index in [0.717, 1.165) is 29.7 Å². The van der Waals surface area contributed by atoms with Crippen LogP contribution in [0.15, 0.2) is 18.2 Å². The molecule has 0 radical (unpaired) electrons. The number of aryl methyl sites for hydroxylation is 1. The maximum absolute atomic E-state index is 10.2. The van der Waals surface area contributed by atoms with E-state index in [9.17, 15) is 5.11 Å².